The highest BCUT2D eigenvalue weighted by atomic mass is 79.9. The Morgan fingerprint density at radius 3 is 2.48 bits per heavy atom. The van der Waals surface area contributed by atoms with Crippen molar-refractivity contribution in [2.75, 3.05) is 7.11 Å². The van der Waals surface area contributed by atoms with Gasteiger partial charge in [0.05, 0.1) is 37.2 Å². The lowest BCUT2D eigenvalue weighted by molar-refractivity contribution is -0.384. The summed E-state index contributed by atoms with van der Waals surface area (Å²) >= 11 is 8.61. The van der Waals surface area contributed by atoms with Gasteiger partial charge < -0.3 is 9.47 Å². The van der Waals surface area contributed by atoms with Crippen LogP contribution >= 0.6 is 43.2 Å². The Morgan fingerprint density at radius 1 is 1.02 bits per heavy atom. The summed E-state index contributed by atoms with van der Waals surface area (Å²) in [6.45, 7) is 0.226. The van der Waals surface area contributed by atoms with E-state index in [4.69, 9.17) is 14.5 Å². The Kier molecular flexibility index (Phi) is 8.22. The molecule has 1 aliphatic carbocycles. The second kappa shape index (κ2) is 12.5. The fourth-order valence-electron chi connectivity index (χ4n) is 6.01. The van der Waals surface area contributed by atoms with E-state index < -0.39 is 4.92 Å². The summed E-state index contributed by atoms with van der Waals surface area (Å²) < 4.78 is 15.6. The minimum Gasteiger partial charge on any atom is -0.496 e. The predicted octanol–water partition coefficient (Wildman–Crippen LogP) is 7.34. The number of nitro benzene ring substituents is 1. The van der Waals surface area contributed by atoms with Gasteiger partial charge in [-0.25, -0.2) is 4.99 Å². The summed E-state index contributed by atoms with van der Waals surface area (Å²) in [6.07, 6.45) is 3.54. The summed E-state index contributed by atoms with van der Waals surface area (Å²) in [6, 6.07) is 25.9. The van der Waals surface area contributed by atoms with Crippen molar-refractivity contribution in [3.05, 3.63) is 157 Å². The van der Waals surface area contributed by atoms with Gasteiger partial charge in [-0.3, -0.25) is 19.5 Å². The quantitative estimate of drug-likeness (QED) is 0.128. The Labute approximate surface area is 284 Å². The number of allylic oxidation sites excluding steroid dienone is 1. The highest BCUT2D eigenvalue weighted by Gasteiger charge is 2.34. The Hall–Kier alpha value is -4.32. The Balaban J connectivity index is 1.29. The molecule has 7 rings (SSSR count). The molecule has 11 heteroatoms. The van der Waals surface area contributed by atoms with E-state index in [9.17, 15) is 14.9 Å². The topological polar surface area (TPSA) is 96.0 Å². The molecule has 0 fully saturated rings. The third-order valence-corrected chi connectivity index (χ3v) is 10.3. The maximum Gasteiger partial charge on any atom is 0.271 e. The number of ether oxygens (including phenoxy) is 2. The number of hydrogen-bond donors (Lipinski definition) is 0. The van der Waals surface area contributed by atoms with E-state index in [2.05, 4.69) is 50.1 Å². The summed E-state index contributed by atoms with van der Waals surface area (Å²) in [5.74, 6) is 1.31. The van der Waals surface area contributed by atoms with Crippen molar-refractivity contribution in [3.63, 3.8) is 0 Å². The molecule has 230 valence electrons. The van der Waals surface area contributed by atoms with Crippen LogP contribution in [0.4, 0.5) is 5.69 Å². The standard InChI is InChI=1S/C35H25Br2N3O5S/c1-44-29-9-5-4-8-25(29)32-26-15-12-22-6-2-3-7-24(22)31(26)38-35-39(32)34(41)30(46-35)18-21-16-27(36)33(28(37)17-21)45-19-20-10-13-23(14-11-20)40(42)43/h2-11,13-14,16-18,32H,12,15,19H2,1H3/b30-18-/t32-/m1/s1. The van der Waals surface area contributed by atoms with Crippen molar-refractivity contribution < 1.29 is 14.4 Å². The van der Waals surface area contributed by atoms with Crippen LogP contribution in [0.25, 0.3) is 11.8 Å². The van der Waals surface area contributed by atoms with Crippen molar-refractivity contribution in [1.29, 1.82) is 0 Å². The van der Waals surface area contributed by atoms with Crippen LogP contribution in [0.5, 0.6) is 11.5 Å². The van der Waals surface area contributed by atoms with Gasteiger partial charge in [0.2, 0.25) is 0 Å². The molecule has 46 heavy (non-hydrogen) atoms. The summed E-state index contributed by atoms with van der Waals surface area (Å²) in [4.78, 5) is 30.5. The van der Waals surface area contributed by atoms with Gasteiger partial charge in [-0.15, -0.1) is 0 Å². The lowest BCUT2D eigenvalue weighted by atomic mass is 9.83. The van der Waals surface area contributed by atoms with Crippen LogP contribution in [-0.2, 0) is 13.0 Å². The monoisotopic (exact) mass is 757 g/mol. The van der Waals surface area contributed by atoms with Crippen LogP contribution in [-0.4, -0.2) is 16.6 Å². The molecule has 0 radical (unpaired) electrons. The number of methoxy groups -OCH3 is 1. The molecule has 1 atom stereocenters. The predicted molar refractivity (Wildman–Crippen MR) is 185 cm³/mol. The summed E-state index contributed by atoms with van der Waals surface area (Å²) in [5, 5.41) is 11.0. The van der Waals surface area contributed by atoms with Crippen molar-refractivity contribution in [2.45, 2.75) is 25.5 Å². The van der Waals surface area contributed by atoms with Gasteiger partial charge in [0.15, 0.2) is 4.80 Å². The van der Waals surface area contributed by atoms with Crippen LogP contribution < -0.4 is 24.4 Å². The second-order valence-electron chi connectivity index (χ2n) is 10.9. The van der Waals surface area contributed by atoms with E-state index in [1.807, 2.05) is 53.1 Å². The van der Waals surface area contributed by atoms with E-state index in [1.54, 1.807) is 19.2 Å². The number of para-hydroxylation sites is 1. The Bertz CT molecular complexity index is 2220. The number of non-ortho nitro benzene ring substituents is 1. The minimum atomic E-state index is -0.431. The van der Waals surface area contributed by atoms with Gasteiger partial charge in [0, 0.05) is 23.3 Å². The van der Waals surface area contributed by atoms with E-state index in [0.717, 1.165) is 52.1 Å². The second-order valence-corrected chi connectivity index (χ2v) is 13.6. The number of nitrogens with zero attached hydrogens (tertiary/aromatic N) is 3. The number of halogens is 2. The van der Waals surface area contributed by atoms with E-state index in [1.165, 1.54) is 29.0 Å². The number of aromatic nitrogens is 1. The Morgan fingerprint density at radius 2 is 1.74 bits per heavy atom. The molecule has 8 nitrogen and oxygen atoms in total. The van der Waals surface area contributed by atoms with Crippen molar-refractivity contribution >= 4 is 60.7 Å². The molecule has 1 aliphatic heterocycles. The summed E-state index contributed by atoms with van der Waals surface area (Å²) in [5.41, 5.74) is 6.86. The molecular weight excluding hydrogens is 734 g/mol. The number of nitro groups is 1. The molecular formula is C35H25Br2N3O5S. The molecule has 0 saturated heterocycles. The third kappa shape index (κ3) is 5.52. The highest BCUT2D eigenvalue weighted by molar-refractivity contribution is 9.11. The third-order valence-electron chi connectivity index (χ3n) is 8.16. The normalized spacial score (nSPS) is 15.5. The van der Waals surface area contributed by atoms with Gasteiger partial charge in [-0.2, -0.15) is 0 Å². The first-order valence-corrected chi connectivity index (χ1v) is 16.8. The zero-order valence-corrected chi connectivity index (χ0v) is 28.4. The number of thiazole rings is 1. The van der Waals surface area contributed by atoms with Crippen LogP contribution in [0.3, 0.4) is 0 Å². The zero-order chi connectivity index (χ0) is 31.9. The molecule has 0 spiro atoms. The smallest absolute Gasteiger partial charge is 0.271 e. The van der Waals surface area contributed by atoms with E-state index in [-0.39, 0.29) is 23.9 Å². The molecule has 5 aromatic rings. The zero-order valence-electron chi connectivity index (χ0n) is 24.4. The first-order chi connectivity index (χ1) is 22.3. The first kappa shape index (κ1) is 30.3. The number of fused-ring (bicyclic) bond motifs is 3. The van der Waals surface area contributed by atoms with Gasteiger partial charge in [-0.1, -0.05) is 53.8 Å². The number of aryl methyl sites for hydroxylation is 1. The summed E-state index contributed by atoms with van der Waals surface area (Å²) in [7, 11) is 1.66. The van der Waals surface area contributed by atoms with Gasteiger partial charge in [-0.05, 0) is 103 Å². The SMILES string of the molecule is COc1ccccc1[C@@H]1C2=C(N=c3s/c(=C\c4cc(Br)c(OCc5ccc([N+](=O)[O-])cc5)c(Br)c4)c(=O)n31)c1ccccc1CC2. The highest BCUT2D eigenvalue weighted by Crippen LogP contribution is 2.43. The number of benzene rings is 4. The molecule has 2 heterocycles. The molecule has 0 N–H and O–H groups in total. The van der Waals surface area contributed by atoms with Gasteiger partial charge >= 0.3 is 0 Å². The number of rotatable bonds is 7. The molecule has 2 aliphatic rings. The van der Waals surface area contributed by atoms with Gasteiger partial charge in [0.1, 0.15) is 18.1 Å². The maximum absolute atomic E-state index is 14.2. The molecule has 0 bridgehead atoms. The molecule has 4 aromatic carbocycles. The average Bonchev–Trinajstić information content (AvgIpc) is 3.37. The minimum absolute atomic E-state index is 0.0277. The molecule has 0 amide bonds. The van der Waals surface area contributed by atoms with Crippen LogP contribution in [0.15, 0.2) is 109 Å². The lowest BCUT2D eigenvalue weighted by Crippen LogP contribution is -2.39. The molecule has 1 aromatic heterocycles. The van der Waals surface area contributed by atoms with Crippen LogP contribution in [0, 0.1) is 10.1 Å². The molecule has 0 unspecified atom stereocenters. The average molecular weight is 759 g/mol. The first-order valence-electron chi connectivity index (χ1n) is 14.4. The fourth-order valence-corrected chi connectivity index (χ4v) is 8.46. The largest absolute Gasteiger partial charge is 0.496 e. The van der Waals surface area contributed by atoms with Crippen molar-refractivity contribution in [2.24, 2.45) is 4.99 Å². The van der Waals surface area contributed by atoms with Gasteiger partial charge in [0.25, 0.3) is 11.2 Å². The van der Waals surface area contributed by atoms with Crippen LogP contribution in [0.1, 0.15) is 40.3 Å². The van der Waals surface area contributed by atoms with E-state index in [0.29, 0.717) is 24.0 Å². The molecule has 0 saturated carbocycles. The number of hydrogen-bond acceptors (Lipinski definition) is 7. The van der Waals surface area contributed by atoms with E-state index >= 15 is 0 Å². The van der Waals surface area contributed by atoms with Crippen LogP contribution in [0.2, 0.25) is 0 Å². The van der Waals surface area contributed by atoms with Crippen molar-refractivity contribution in [1.82, 2.24) is 4.57 Å². The lowest BCUT2D eigenvalue weighted by Gasteiger charge is -2.31. The maximum atomic E-state index is 14.2. The fraction of sp³-hybridized carbons (Fsp3) is 0.143. The van der Waals surface area contributed by atoms with Crippen molar-refractivity contribution in [3.8, 4) is 11.5 Å².